The minimum Gasteiger partial charge on any atom is -0.282 e. The normalized spacial score (nSPS) is 8.94. The fourth-order valence-corrected chi connectivity index (χ4v) is 1.94. The summed E-state index contributed by atoms with van der Waals surface area (Å²) in [6, 6.07) is 4.16. The Morgan fingerprint density at radius 3 is 2.19 bits per heavy atom. The second-order valence-corrected chi connectivity index (χ2v) is 3.88. The van der Waals surface area contributed by atoms with E-state index >= 15 is 0 Å². The monoisotopic (exact) mass is 284 g/mol. The molecular weight excluding hydrogens is 264 g/mol. The molecule has 0 bridgehead atoms. The largest absolute Gasteiger partial charge is 0.282 e. The molecule has 0 fully saturated rings. The van der Waals surface area contributed by atoms with Crippen LogP contribution in [0.4, 0.5) is 0 Å². The lowest BCUT2D eigenvalue weighted by Gasteiger charge is -1.95. The molecule has 0 saturated heterocycles. The van der Waals surface area contributed by atoms with Crippen molar-refractivity contribution < 1.29 is 0 Å². The third kappa shape index (κ3) is 3.34. The Morgan fingerprint density at radius 2 is 1.62 bits per heavy atom. The average Bonchev–Trinajstić information content (AvgIpc) is 2.67. The number of hydrogen-bond acceptors (Lipinski definition) is 1. The molecule has 2 nitrogen and oxygen atoms in total. The lowest BCUT2D eigenvalue weighted by molar-refractivity contribution is 1.06. The van der Waals surface area contributed by atoms with Crippen LogP contribution in [0.3, 0.4) is 0 Å². The van der Waals surface area contributed by atoms with Crippen LogP contribution in [0.15, 0.2) is 16.6 Å². The standard InChI is InChI=1S/C9H9BrN2.2C2H6/c1-5-3-7(10)4-8-6(2)11-12-9(5)8;2*1-2/h3-4H,1-2H3,(H,11,12);2*1-2H3. The number of aromatic nitrogens is 2. The maximum atomic E-state index is 4.21. The van der Waals surface area contributed by atoms with E-state index in [4.69, 9.17) is 0 Å². The number of aromatic amines is 1. The molecule has 16 heavy (non-hydrogen) atoms. The molecule has 0 aliphatic carbocycles. The first-order valence-electron chi connectivity index (χ1n) is 5.79. The Hall–Kier alpha value is -0.830. The molecule has 0 aliphatic heterocycles. The Morgan fingerprint density at radius 1 is 1.06 bits per heavy atom. The van der Waals surface area contributed by atoms with Gasteiger partial charge in [-0.3, -0.25) is 5.10 Å². The summed E-state index contributed by atoms with van der Waals surface area (Å²) in [5.41, 5.74) is 3.38. The van der Waals surface area contributed by atoms with Crippen molar-refractivity contribution in [3.63, 3.8) is 0 Å². The number of rotatable bonds is 0. The number of benzene rings is 1. The summed E-state index contributed by atoms with van der Waals surface area (Å²) in [4.78, 5) is 0. The first-order chi connectivity index (χ1) is 7.68. The summed E-state index contributed by atoms with van der Waals surface area (Å²) in [6.07, 6.45) is 0. The Balaban J connectivity index is 0.000000509. The molecule has 2 aromatic rings. The fourth-order valence-electron chi connectivity index (χ4n) is 1.37. The van der Waals surface area contributed by atoms with Gasteiger partial charge < -0.3 is 0 Å². The predicted octanol–water partition coefficient (Wildman–Crippen LogP) is 4.99. The van der Waals surface area contributed by atoms with Gasteiger partial charge in [0.25, 0.3) is 0 Å². The van der Waals surface area contributed by atoms with E-state index in [0.717, 1.165) is 15.7 Å². The summed E-state index contributed by atoms with van der Waals surface area (Å²) in [6.45, 7) is 12.1. The van der Waals surface area contributed by atoms with Crippen LogP contribution >= 0.6 is 15.9 Å². The SMILES string of the molecule is CC.CC.Cc1[nH]nc2c(C)cc(Br)cc12. The lowest BCUT2D eigenvalue weighted by atomic mass is 10.1. The summed E-state index contributed by atoms with van der Waals surface area (Å²) in [5, 5.41) is 8.38. The fraction of sp³-hybridized carbons (Fsp3) is 0.462. The Bertz CT molecular complexity index is 433. The zero-order chi connectivity index (χ0) is 12.7. The van der Waals surface area contributed by atoms with Gasteiger partial charge in [-0.15, -0.1) is 0 Å². The predicted molar refractivity (Wildman–Crippen MR) is 76.0 cm³/mol. The van der Waals surface area contributed by atoms with Crippen molar-refractivity contribution in [2.24, 2.45) is 0 Å². The molecule has 90 valence electrons. The summed E-state index contributed by atoms with van der Waals surface area (Å²) >= 11 is 3.46. The van der Waals surface area contributed by atoms with Gasteiger partial charge in [0.1, 0.15) is 0 Å². The third-order valence-corrected chi connectivity index (χ3v) is 2.46. The second-order valence-electron chi connectivity index (χ2n) is 2.97. The van der Waals surface area contributed by atoms with Crippen LogP contribution in [-0.2, 0) is 0 Å². The van der Waals surface area contributed by atoms with Crippen molar-refractivity contribution in [3.8, 4) is 0 Å². The Labute approximate surface area is 107 Å². The van der Waals surface area contributed by atoms with Crippen molar-refractivity contribution in [3.05, 3.63) is 27.9 Å². The zero-order valence-electron chi connectivity index (χ0n) is 11.0. The molecule has 2 rings (SSSR count). The van der Waals surface area contributed by atoms with E-state index in [1.165, 1.54) is 10.9 Å². The van der Waals surface area contributed by atoms with E-state index in [9.17, 15) is 0 Å². The van der Waals surface area contributed by atoms with Crippen LogP contribution in [0, 0.1) is 13.8 Å². The van der Waals surface area contributed by atoms with Gasteiger partial charge >= 0.3 is 0 Å². The maximum Gasteiger partial charge on any atom is 0.0953 e. The number of nitrogens with one attached hydrogen (secondary N) is 1. The highest BCUT2D eigenvalue weighted by Crippen LogP contribution is 2.23. The lowest BCUT2D eigenvalue weighted by Crippen LogP contribution is -1.76. The van der Waals surface area contributed by atoms with Crippen LogP contribution in [0.25, 0.3) is 10.9 Å². The molecule has 3 heteroatoms. The number of nitrogens with zero attached hydrogens (tertiary/aromatic N) is 1. The molecule has 0 aliphatic rings. The highest BCUT2D eigenvalue weighted by molar-refractivity contribution is 9.10. The van der Waals surface area contributed by atoms with Crippen LogP contribution in [0.1, 0.15) is 39.0 Å². The average molecular weight is 285 g/mol. The summed E-state index contributed by atoms with van der Waals surface area (Å²) in [5.74, 6) is 0. The molecule has 0 atom stereocenters. The molecule has 0 saturated carbocycles. The van der Waals surface area contributed by atoms with Gasteiger partial charge in [-0.2, -0.15) is 5.10 Å². The number of fused-ring (bicyclic) bond motifs is 1. The van der Waals surface area contributed by atoms with Crippen molar-refractivity contribution in [2.75, 3.05) is 0 Å². The molecule has 0 unspecified atom stereocenters. The minimum absolute atomic E-state index is 1.07. The molecule has 0 amide bonds. The van der Waals surface area contributed by atoms with E-state index < -0.39 is 0 Å². The van der Waals surface area contributed by atoms with Crippen molar-refractivity contribution in [1.29, 1.82) is 0 Å². The van der Waals surface area contributed by atoms with E-state index in [2.05, 4.69) is 45.2 Å². The van der Waals surface area contributed by atoms with Crippen LogP contribution in [-0.4, -0.2) is 10.2 Å². The van der Waals surface area contributed by atoms with E-state index in [-0.39, 0.29) is 0 Å². The van der Waals surface area contributed by atoms with Crippen LogP contribution in [0.2, 0.25) is 0 Å². The van der Waals surface area contributed by atoms with Crippen molar-refractivity contribution in [1.82, 2.24) is 10.2 Å². The number of aryl methyl sites for hydroxylation is 2. The van der Waals surface area contributed by atoms with Crippen molar-refractivity contribution >= 4 is 26.8 Å². The van der Waals surface area contributed by atoms with Gasteiger partial charge in [0.2, 0.25) is 0 Å². The first-order valence-corrected chi connectivity index (χ1v) is 6.58. The molecule has 1 aromatic heterocycles. The third-order valence-electron chi connectivity index (χ3n) is 2.00. The van der Waals surface area contributed by atoms with E-state index in [0.29, 0.717) is 0 Å². The maximum absolute atomic E-state index is 4.21. The van der Waals surface area contributed by atoms with Crippen LogP contribution < -0.4 is 0 Å². The summed E-state index contributed by atoms with van der Waals surface area (Å²) in [7, 11) is 0. The van der Waals surface area contributed by atoms with Gasteiger partial charge in [-0.25, -0.2) is 0 Å². The van der Waals surface area contributed by atoms with Gasteiger partial charge in [-0.1, -0.05) is 43.6 Å². The highest BCUT2D eigenvalue weighted by Gasteiger charge is 2.04. The number of halogens is 1. The quantitative estimate of drug-likeness (QED) is 0.725. The van der Waals surface area contributed by atoms with Crippen LogP contribution in [0.5, 0.6) is 0 Å². The molecule has 1 heterocycles. The highest BCUT2D eigenvalue weighted by atomic mass is 79.9. The van der Waals surface area contributed by atoms with Gasteiger partial charge in [0.05, 0.1) is 5.52 Å². The van der Waals surface area contributed by atoms with E-state index in [1.807, 2.05) is 34.6 Å². The van der Waals surface area contributed by atoms with Gasteiger partial charge in [0.15, 0.2) is 0 Å². The zero-order valence-corrected chi connectivity index (χ0v) is 12.6. The topological polar surface area (TPSA) is 28.7 Å². The summed E-state index contributed by atoms with van der Waals surface area (Å²) < 4.78 is 1.11. The molecular formula is C13H21BrN2. The molecule has 0 radical (unpaired) electrons. The van der Waals surface area contributed by atoms with Gasteiger partial charge in [0, 0.05) is 15.6 Å². The molecule has 0 spiro atoms. The van der Waals surface area contributed by atoms with Crippen molar-refractivity contribution in [2.45, 2.75) is 41.5 Å². The molecule has 1 aromatic carbocycles. The Kier molecular flexibility index (Phi) is 7.06. The molecule has 1 N–H and O–H groups in total. The smallest absolute Gasteiger partial charge is 0.0953 e. The number of hydrogen-bond donors (Lipinski definition) is 1. The number of H-pyrrole nitrogens is 1. The minimum atomic E-state index is 1.07. The van der Waals surface area contributed by atoms with E-state index in [1.54, 1.807) is 0 Å². The second kappa shape index (κ2) is 7.44. The van der Waals surface area contributed by atoms with Gasteiger partial charge in [-0.05, 0) is 31.5 Å². The first kappa shape index (κ1) is 15.2.